The zero-order valence-corrected chi connectivity index (χ0v) is 44.0. The SMILES string of the molecule is Cc1cccc(C)c1-c1cc(Oc2[c-]c3c(cc2)c2ccccc2n3-c2cc(-c3c(C(C)C)cc(C(C)C)cc3C(C)C)ccn2)[c-]c(N2[CH-]N(c3cccc(C(C)(C)C)c3)c3ccccc32)c1.[Pt]. The van der Waals surface area contributed by atoms with Crippen molar-refractivity contribution in [1.82, 2.24) is 9.55 Å². The first-order chi connectivity index (χ1) is 32.6. The number of para-hydroxylation sites is 3. The van der Waals surface area contributed by atoms with Crippen LogP contribution in [-0.4, -0.2) is 9.55 Å². The molecule has 3 heterocycles. The normalized spacial score (nSPS) is 12.7. The molecule has 2 aromatic heterocycles. The fourth-order valence-corrected chi connectivity index (χ4v) is 10.0. The number of benzene rings is 7. The van der Waals surface area contributed by atoms with Crippen LogP contribution < -0.4 is 14.5 Å². The van der Waals surface area contributed by atoms with E-state index in [1.165, 1.54) is 50.1 Å². The van der Waals surface area contributed by atoms with Crippen LogP contribution in [0.1, 0.15) is 113 Å². The van der Waals surface area contributed by atoms with Gasteiger partial charge in [0.05, 0.1) is 0 Å². The minimum absolute atomic E-state index is 0. The van der Waals surface area contributed by atoms with Crippen molar-refractivity contribution in [3.63, 3.8) is 0 Å². The third kappa shape index (κ3) is 8.92. The van der Waals surface area contributed by atoms with Crippen molar-refractivity contribution in [3.05, 3.63) is 198 Å². The molecule has 0 N–H and O–H groups in total. The molecule has 0 bridgehead atoms. The van der Waals surface area contributed by atoms with Gasteiger partial charge in [0, 0.05) is 61.3 Å². The van der Waals surface area contributed by atoms with E-state index in [1.807, 2.05) is 12.3 Å². The van der Waals surface area contributed by atoms with E-state index in [1.54, 1.807) is 0 Å². The smallest absolute Gasteiger partial charge is 0.136 e. The maximum atomic E-state index is 6.98. The molecule has 0 atom stereocenters. The van der Waals surface area contributed by atoms with Gasteiger partial charge in [0.15, 0.2) is 0 Å². The number of nitrogens with zero attached hydrogens (tertiary/aromatic N) is 4. The fourth-order valence-electron chi connectivity index (χ4n) is 10.0. The molecular formula is C63H61N4OPt-3. The Labute approximate surface area is 424 Å². The first-order valence-electron chi connectivity index (χ1n) is 24.2. The van der Waals surface area contributed by atoms with E-state index in [0.717, 1.165) is 55.9 Å². The van der Waals surface area contributed by atoms with Crippen LogP contribution in [0.5, 0.6) is 11.5 Å². The quantitative estimate of drug-likeness (QED) is 0.128. The summed E-state index contributed by atoms with van der Waals surface area (Å²) in [6, 6.07) is 57.8. The van der Waals surface area contributed by atoms with Gasteiger partial charge in [0.1, 0.15) is 5.82 Å². The summed E-state index contributed by atoms with van der Waals surface area (Å²) in [5, 5.41) is 2.22. The minimum Gasteiger partial charge on any atom is -0.509 e. The van der Waals surface area contributed by atoms with Gasteiger partial charge in [-0.15, -0.1) is 53.6 Å². The second kappa shape index (κ2) is 18.8. The molecule has 9 aromatic rings. The van der Waals surface area contributed by atoms with Gasteiger partial charge in [-0.2, -0.15) is 6.07 Å². The summed E-state index contributed by atoms with van der Waals surface area (Å²) in [6.07, 6.45) is 1.96. The Bertz CT molecular complexity index is 3320. The van der Waals surface area contributed by atoms with Crippen LogP contribution in [0.15, 0.2) is 146 Å². The van der Waals surface area contributed by atoms with Crippen LogP contribution in [0, 0.1) is 32.6 Å². The van der Waals surface area contributed by atoms with Gasteiger partial charge in [-0.25, -0.2) is 4.98 Å². The molecule has 0 saturated heterocycles. The largest absolute Gasteiger partial charge is 0.509 e. The van der Waals surface area contributed by atoms with Gasteiger partial charge in [-0.1, -0.05) is 141 Å². The molecule has 0 fully saturated rings. The van der Waals surface area contributed by atoms with E-state index in [4.69, 9.17) is 9.72 Å². The number of ether oxygens (including phenoxy) is 1. The van der Waals surface area contributed by atoms with E-state index in [2.05, 4.69) is 243 Å². The molecule has 6 heteroatoms. The average molecular weight is 1090 g/mol. The van der Waals surface area contributed by atoms with Gasteiger partial charge < -0.3 is 19.1 Å². The Morgan fingerprint density at radius 1 is 0.580 bits per heavy atom. The Hall–Kier alpha value is -6.42. The number of aryl methyl sites for hydroxylation is 2. The molecule has 0 radical (unpaired) electrons. The number of anilines is 4. The summed E-state index contributed by atoms with van der Waals surface area (Å²) in [5.41, 5.74) is 18.7. The topological polar surface area (TPSA) is 33.5 Å². The predicted octanol–water partition coefficient (Wildman–Crippen LogP) is 17.6. The maximum Gasteiger partial charge on any atom is 0.136 e. The minimum atomic E-state index is 0. The van der Waals surface area contributed by atoms with Gasteiger partial charge in [-0.05, 0) is 135 Å². The molecule has 0 aliphatic carbocycles. The van der Waals surface area contributed by atoms with Gasteiger partial charge in [0.2, 0.25) is 0 Å². The zero-order valence-electron chi connectivity index (χ0n) is 41.7. The molecular weight excluding hydrogens is 1020 g/mol. The van der Waals surface area contributed by atoms with E-state index < -0.39 is 0 Å². The first kappa shape index (κ1) is 47.6. The molecule has 0 saturated carbocycles. The van der Waals surface area contributed by atoms with Crippen molar-refractivity contribution < 1.29 is 25.8 Å². The Morgan fingerprint density at radius 2 is 1.25 bits per heavy atom. The van der Waals surface area contributed by atoms with Crippen LogP contribution in [0.2, 0.25) is 0 Å². The Morgan fingerprint density at radius 3 is 1.93 bits per heavy atom. The van der Waals surface area contributed by atoms with Crippen LogP contribution in [0.3, 0.4) is 0 Å². The predicted molar refractivity (Wildman–Crippen MR) is 286 cm³/mol. The first-order valence-corrected chi connectivity index (χ1v) is 24.2. The van der Waals surface area contributed by atoms with Gasteiger partial charge in [-0.3, -0.25) is 0 Å². The second-order valence-corrected chi connectivity index (χ2v) is 20.5. The Balaban J connectivity index is 0.00000593. The summed E-state index contributed by atoms with van der Waals surface area (Å²) in [5.74, 6) is 3.19. The van der Waals surface area contributed by atoms with Crippen molar-refractivity contribution in [2.45, 2.75) is 99.3 Å². The third-order valence-electron chi connectivity index (χ3n) is 13.7. The van der Waals surface area contributed by atoms with Crippen LogP contribution >= 0.6 is 0 Å². The number of rotatable bonds is 10. The maximum absolute atomic E-state index is 6.98. The Kier molecular flexibility index (Phi) is 13.0. The molecule has 0 unspecified atom stereocenters. The summed E-state index contributed by atoms with van der Waals surface area (Å²) < 4.78 is 9.22. The summed E-state index contributed by atoms with van der Waals surface area (Å²) in [6.45, 7) is 27.1. The van der Waals surface area contributed by atoms with E-state index in [-0.39, 0.29) is 26.5 Å². The number of hydrogen-bond acceptors (Lipinski definition) is 4. The van der Waals surface area contributed by atoms with Crippen LogP contribution in [0.25, 0.3) is 49.9 Å². The van der Waals surface area contributed by atoms with E-state index in [0.29, 0.717) is 29.3 Å². The molecule has 1 aliphatic heterocycles. The van der Waals surface area contributed by atoms with Crippen molar-refractivity contribution >= 4 is 44.6 Å². The molecule has 1 aliphatic rings. The molecule has 10 rings (SSSR count). The van der Waals surface area contributed by atoms with E-state index >= 15 is 0 Å². The number of pyridine rings is 1. The monoisotopic (exact) mass is 1080 g/mol. The summed E-state index contributed by atoms with van der Waals surface area (Å²) in [4.78, 5) is 9.59. The molecule has 0 spiro atoms. The average Bonchev–Trinajstić information content (AvgIpc) is 3.87. The summed E-state index contributed by atoms with van der Waals surface area (Å²) in [7, 11) is 0. The molecule has 5 nitrogen and oxygen atoms in total. The second-order valence-electron chi connectivity index (χ2n) is 20.5. The number of hydrogen-bond donors (Lipinski definition) is 0. The zero-order chi connectivity index (χ0) is 47.6. The number of fused-ring (bicyclic) bond motifs is 4. The standard InChI is InChI=1S/C63H61N4O.Pt/c1-39(2)45-32-54(40(3)4)62(55(33-45)41(5)6)44-28-29-64-60(34-44)67-56-23-13-12-22-52(56)53-27-26-50(37-59(53)67)68-51-31-46(61-42(7)18-16-19-43(61)8)30-49(36-51)66-38-65(57-24-14-15-25-58(57)66)48-21-17-20-47(35-48)63(9,10)11;/h12-35,38-41H,1-11H3;/q-3;. The van der Waals surface area contributed by atoms with Crippen LogP contribution in [-0.2, 0) is 26.5 Å². The third-order valence-corrected chi connectivity index (χ3v) is 13.7. The number of aromatic nitrogens is 2. The van der Waals surface area contributed by atoms with Gasteiger partial charge >= 0.3 is 0 Å². The molecule has 69 heavy (non-hydrogen) atoms. The van der Waals surface area contributed by atoms with Gasteiger partial charge in [0.25, 0.3) is 0 Å². The molecule has 0 amide bonds. The fraction of sp³-hybridized carbons (Fsp3) is 0.238. The van der Waals surface area contributed by atoms with Crippen molar-refractivity contribution in [2.24, 2.45) is 0 Å². The summed E-state index contributed by atoms with van der Waals surface area (Å²) >= 11 is 0. The van der Waals surface area contributed by atoms with Crippen LogP contribution in [0.4, 0.5) is 22.7 Å². The van der Waals surface area contributed by atoms with Crippen molar-refractivity contribution in [3.8, 4) is 39.6 Å². The molecule has 352 valence electrons. The van der Waals surface area contributed by atoms with E-state index in [9.17, 15) is 0 Å². The van der Waals surface area contributed by atoms with Crippen molar-refractivity contribution in [1.29, 1.82) is 0 Å². The molecule has 7 aromatic carbocycles. The van der Waals surface area contributed by atoms with Crippen molar-refractivity contribution in [2.75, 3.05) is 9.80 Å².